The third-order valence-electron chi connectivity index (χ3n) is 6.14. The van der Waals surface area contributed by atoms with Crippen molar-refractivity contribution in [1.82, 2.24) is 19.8 Å². The van der Waals surface area contributed by atoms with Crippen LogP contribution in [0.4, 0.5) is 5.82 Å². The zero-order chi connectivity index (χ0) is 30.2. The molecular weight excluding hydrogens is 534 g/mol. The van der Waals surface area contributed by atoms with Gasteiger partial charge >= 0.3 is 0 Å². The van der Waals surface area contributed by atoms with E-state index in [4.69, 9.17) is 14.7 Å². The van der Waals surface area contributed by atoms with Gasteiger partial charge in [-0.25, -0.2) is 9.97 Å². The zero-order valence-electron chi connectivity index (χ0n) is 25.4. The van der Waals surface area contributed by atoms with Gasteiger partial charge in [-0.15, -0.1) is 11.3 Å². The first kappa shape index (κ1) is 33.8. The Labute approximate surface area is 249 Å². The Bertz CT molecular complexity index is 1300. The summed E-state index contributed by atoms with van der Waals surface area (Å²) in [7, 11) is 0. The summed E-state index contributed by atoms with van der Waals surface area (Å²) in [6, 6.07) is 9.04. The van der Waals surface area contributed by atoms with Gasteiger partial charge in [0, 0.05) is 44.8 Å². The van der Waals surface area contributed by atoms with Crippen molar-refractivity contribution in [3.63, 3.8) is 0 Å². The van der Waals surface area contributed by atoms with E-state index >= 15 is 0 Å². The van der Waals surface area contributed by atoms with Crippen LogP contribution in [0.5, 0.6) is 5.75 Å². The number of thiophene rings is 1. The molecule has 0 saturated carbocycles. The predicted molar refractivity (Wildman–Crippen MR) is 172 cm³/mol. The number of phenols is 1. The molecule has 0 radical (unpaired) electrons. The molecule has 5 rings (SSSR count). The number of carbonyl (C=O) groups is 1. The van der Waals surface area contributed by atoms with E-state index in [2.05, 4.69) is 28.2 Å². The van der Waals surface area contributed by atoms with Gasteiger partial charge in [0.05, 0.1) is 34.9 Å². The summed E-state index contributed by atoms with van der Waals surface area (Å²) < 4.78 is 6.55. The van der Waals surface area contributed by atoms with E-state index < -0.39 is 0 Å². The molecule has 1 N–H and O–H groups in total. The maximum absolute atomic E-state index is 11.8. The molecule has 2 aromatic heterocycles. The number of rotatable bonds is 4. The summed E-state index contributed by atoms with van der Waals surface area (Å²) in [5.74, 6) is 8.24. The zero-order valence-corrected chi connectivity index (χ0v) is 26.3. The Morgan fingerprint density at radius 3 is 2.34 bits per heavy atom. The van der Waals surface area contributed by atoms with Gasteiger partial charge in [0.15, 0.2) is 11.6 Å². The number of morpholine rings is 1. The summed E-state index contributed by atoms with van der Waals surface area (Å²) in [5.41, 5.74) is 1.63. The van der Waals surface area contributed by atoms with Gasteiger partial charge in [-0.2, -0.15) is 0 Å². The van der Waals surface area contributed by atoms with Crippen molar-refractivity contribution >= 4 is 33.3 Å². The quantitative estimate of drug-likeness (QED) is 0.316. The Hall–Kier alpha value is -3.45. The SMILES string of the molecule is C=CC(=O)N1CCN(CC#Cc2cc3nc(-c4cccc(O)c4)nc(N4CCOCC4)c3s2)CC1.CC.CC.CC. The topological polar surface area (TPSA) is 82.0 Å². The number of anilines is 1. The van der Waals surface area contributed by atoms with Gasteiger partial charge in [-0.3, -0.25) is 9.69 Å². The molecule has 4 heterocycles. The number of carbonyl (C=O) groups excluding carboxylic acids is 1. The highest BCUT2D eigenvalue weighted by Gasteiger charge is 2.21. The van der Waals surface area contributed by atoms with Crippen LogP contribution < -0.4 is 4.90 Å². The monoisotopic (exact) mass is 579 g/mol. The molecular formula is C32H45N5O3S. The van der Waals surface area contributed by atoms with Crippen LogP contribution in [0, 0.1) is 11.8 Å². The molecule has 0 spiro atoms. The number of piperazine rings is 1. The third kappa shape index (κ3) is 9.28. The van der Waals surface area contributed by atoms with E-state index in [0.29, 0.717) is 38.7 Å². The van der Waals surface area contributed by atoms with Crippen molar-refractivity contribution in [3.8, 4) is 29.0 Å². The Balaban J connectivity index is 0.000000921. The summed E-state index contributed by atoms with van der Waals surface area (Å²) >= 11 is 1.61. The molecule has 0 atom stereocenters. The lowest BCUT2D eigenvalue weighted by Gasteiger charge is -2.33. The number of nitrogens with zero attached hydrogens (tertiary/aromatic N) is 5. The highest BCUT2D eigenvalue weighted by molar-refractivity contribution is 7.20. The molecule has 2 saturated heterocycles. The van der Waals surface area contributed by atoms with Crippen LogP contribution in [-0.2, 0) is 9.53 Å². The number of ether oxygens (including phenoxy) is 1. The van der Waals surface area contributed by atoms with Crippen molar-refractivity contribution in [2.45, 2.75) is 41.5 Å². The van der Waals surface area contributed by atoms with E-state index in [0.717, 1.165) is 52.7 Å². The summed E-state index contributed by atoms with van der Waals surface area (Å²) in [6.45, 7) is 22.1. The molecule has 2 aliphatic heterocycles. The summed E-state index contributed by atoms with van der Waals surface area (Å²) in [6.07, 6.45) is 1.37. The van der Waals surface area contributed by atoms with Crippen molar-refractivity contribution < 1.29 is 14.6 Å². The lowest BCUT2D eigenvalue weighted by molar-refractivity contribution is -0.127. The molecule has 0 unspecified atom stereocenters. The van der Waals surface area contributed by atoms with Gasteiger partial charge in [0.1, 0.15) is 5.75 Å². The van der Waals surface area contributed by atoms with Crippen LogP contribution >= 0.6 is 11.3 Å². The molecule has 222 valence electrons. The van der Waals surface area contributed by atoms with E-state index in [1.807, 2.05) is 58.6 Å². The molecule has 1 aromatic carbocycles. The molecule has 0 bridgehead atoms. The van der Waals surface area contributed by atoms with Gasteiger partial charge < -0.3 is 19.6 Å². The Kier molecular flexibility index (Phi) is 14.9. The van der Waals surface area contributed by atoms with Crippen LogP contribution in [-0.4, -0.2) is 89.8 Å². The number of amides is 1. The fourth-order valence-corrected chi connectivity index (χ4v) is 5.22. The maximum atomic E-state index is 11.8. The Morgan fingerprint density at radius 2 is 1.71 bits per heavy atom. The van der Waals surface area contributed by atoms with Crippen LogP contribution in [0.1, 0.15) is 46.4 Å². The largest absolute Gasteiger partial charge is 0.508 e. The number of phenolic OH excluding ortho intramolecular Hbond substituents is 1. The van der Waals surface area contributed by atoms with E-state index in [9.17, 15) is 9.90 Å². The second-order valence-corrected chi connectivity index (χ2v) is 9.51. The fraction of sp³-hybridized carbons (Fsp3) is 0.469. The number of fused-ring (bicyclic) bond motifs is 1. The lowest BCUT2D eigenvalue weighted by Crippen LogP contribution is -2.48. The van der Waals surface area contributed by atoms with E-state index in [1.54, 1.807) is 29.5 Å². The summed E-state index contributed by atoms with van der Waals surface area (Å²) in [4.78, 5) is 28.7. The molecule has 1 amide bonds. The number of hydrogen-bond acceptors (Lipinski definition) is 8. The van der Waals surface area contributed by atoms with Crippen molar-refractivity contribution in [1.29, 1.82) is 0 Å². The van der Waals surface area contributed by atoms with Gasteiger partial charge in [0.2, 0.25) is 5.91 Å². The van der Waals surface area contributed by atoms with Crippen LogP contribution in [0.15, 0.2) is 43.0 Å². The molecule has 2 fully saturated rings. The highest BCUT2D eigenvalue weighted by atomic mass is 32.1. The number of benzene rings is 1. The lowest BCUT2D eigenvalue weighted by atomic mass is 10.2. The van der Waals surface area contributed by atoms with Crippen molar-refractivity contribution in [2.75, 3.05) is 63.9 Å². The van der Waals surface area contributed by atoms with Crippen molar-refractivity contribution in [3.05, 3.63) is 47.9 Å². The maximum Gasteiger partial charge on any atom is 0.246 e. The first-order chi connectivity index (χ1) is 20.1. The molecule has 2 aliphatic rings. The number of aromatic nitrogens is 2. The predicted octanol–water partition coefficient (Wildman–Crippen LogP) is 5.66. The molecule has 0 aliphatic carbocycles. The molecule has 8 nitrogen and oxygen atoms in total. The minimum atomic E-state index is -0.0109. The average Bonchev–Trinajstić information content (AvgIpc) is 3.47. The third-order valence-corrected chi connectivity index (χ3v) is 7.18. The molecule has 9 heteroatoms. The summed E-state index contributed by atoms with van der Waals surface area (Å²) in [5, 5.41) is 9.94. The average molecular weight is 580 g/mol. The van der Waals surface area contributed by atoms with Gasteiger partial charge in [0.25, 0.3) is 0 Å². The first-order valence-electron chi connectivity index (χ1n) is 14.7. The second-order valence-electron chi connectivity index (χ2n) is 8.45. The molecule has 41 heavy (non-hydrogen) atoms. The van der Waals surface area contributed by atoms with E-state index in [1.165, 1.54) is 6.08 Å². The van der Waals surface area contributed by atoms with Crippen LogP contribution in [0.3, 0.4) is 0 Å². The Morgan fingerprint density at radius 1 is 1.02 bits per heavy atom. The highest BCUT2D eigenvalue weighted by Crippen LogP contribution is 2.34. The fourth-order valence-electron chi connectivity index (χ4n) is 4.23. The van der Waals surface area contributed by atoms with E-state index in [-0.39, 0.29) is 11.7 Å². The standard InChI is InChI=1S/C26H27N5O3S.3C2H6/c1-2-23(33)30-11-9-29(10-12-30)8-4-7-21-18-22-24(35-21)26(31-13-15-34-16-14-31)28-25(27-22)19-5-3-6-20(32)17-19;3*1-2/h2-3,5-6,17-18,32H,1,8-16H2;3*1-2H3. The smallest absolute Gasteiger partial charge is 0.246 e. The number of hydrogen-bond donors (Lipinski definition) is 1. The minimum absolute atomic E-state index is 0.0109. The number of aromatic hydroxyl groups is 1. The molecule has 3 aromatic rings. The normalized spacial score (nSPS) is 14.7. The van der Waals surface area contributed by atoms with Gasteiger partial charge in [-0.1, -0.05) is 72.1 Å². The van der Waals surface area contributed by atoms with Gasteiger partial charge in [-0.05, 0) is 24.3 Å². The van der Waals surface area contributed by atoms with Crippen LogP contribution in [0.2, 0.25) is 0 Å². The van der Waals surface area contributed by atoms with Crippen molar-refractivity contribution in [2.24, 2.45) is 0 Å². The van der Waals surface area contributed by atoms with Crippen LogP contribution in [0.25, 0.3) is 21.6 Å². The minimum Gasteiger partial charge on any atom is -0.508 e. The second kappa shape index (κ2) is 18.1. The first-order valence-corrected chi connectivity index (χ1v) is 15.5.